The number of benzene rings is 2. The highest BCUT2D eigenvalue weighted by molar-refractivity contribution is 7.92. The number of alkyl halides is 3. The number of anilines is 1. The first-order valence-electron chi connectivity index (χ1n) is 12.4. The summed E-state index contributed by atoms with van der Waals surface area (Å²) < 4.78 is 65.2. The first-order valence-corrected chi connectivity index (χ1v) is 14.3. The molecule has 0 aromatic heterocycles. The summed E-state index contributed by atoms with van der Waals surface area (Å²) in [4.78, 5) is 27.6. The molecule has 2 amide bonds. The van der Waals surface area contributed by atoms with Crippen molar-refractivity contribution in [1.82, 2.24) is 10.2 Å². The summed E-state index contributed by atoms with van der Waals surface area (Å²) in [5.41, 5.74) is 0.774. The summed E-state index contributed by atoms with van der Waals surface area (Å²) in [5, 5.41) is 2.88. The lowest BCUT2D eigenvalue weighted by molar-refractivity contribution is -0.140. The third-order valence-corrected chi connectivity index (χ3v) is 7.45. The molecular weight excluding hydrogens is 519 g/mol. The molecule has 0 unspecified atom stereocenters. The van der Waals surface area contributed by atoms with E-state index in [0.29, 0.717) is 0 Å². The maximum Gasteiger partial charge on any atom is 0.416 e. The summed E-state index contributed by atoms with van der Waals surface area (Å²) in [6.45, 7) is 7.35. The molecule has 2 aromatic rings. The minimum Gasteiger partial charge on any atom is -0.352 e. The van der Waals surface area contributed by atoms with E-state index < -0.39 is 27.8 Å². The second-order valence-electron chi connectivity index (χ2n) is 9.49. The number of halogens is 3. The van der Waals surface area contributed by atoms with E-state index in [1.54, 1.807) is 6.92 Å². The van der Waals surface area contributed by atoms with E-state index >= 15 is 0 Å². The van der Waals surface area contributed by atoms with Crippen molar-refractivity contribution in [2.45, 2.75) is 71.8 Å². The quantitative estimate of drug-likeness (QED) is 0.404. The van der Waals surface area contributed by atoms with Gasteiger partial charge in [0.05, 0.1) is 17.5 Å². The van der Waals surface area contributed by atoms with Crippen molar-refractivity contribution in [2.24, 2.45) is 0 Å². The van der Waals surface area contributed by atoms with E-state index in [0.717, 1.165) is 46.3 Å². The van der Waals surface area contributed by atoms with E-state index in [2.05, 4.69) is 5.32 Å². The fourth-order valence-electron chi connectivity index (χ4n) is 3.78. The van der Waals surface area contributed by atoms with Gasteiger partial charge in [0.15, 0.2) is 0 Å². The molecule has 7 nitrogen and oxygen atoms in total. The first-order chi connectivity index (χ1) is 17.6. The highest BCUT2D eigenvalue weighted by Crippen LogP contribution is 2.32. The van der Waals surface area contributed by atoms with Gasteiger partial charge in [0.2, 0.25) is 21.8 Å². The van der Waals surface area contributed by atoms with Gasteiger partial charge in [-0.25, -0.2) is 8.42 Å². The highest BCUT2D eigenvalue weighted by Gasteiger charge is 2.32. The van der Waals surface area contributed by atoms with Crippen LogP contribution in [0.2, 0.25) is 0 Å². The summed E-state index contributed by atoms with van der Waals surface area (Å²) >= 11 is 0. The van der Waals surface area contributed by atoms with Gasteiger partial charge >= 0.3 is 6.18 Å². The number of sulfonamides is 1. The largest absolute Gasteiger partial charge is 0.416 e. The molecule has 0 saturated heterocycles. The summed E-state index contributed by atoms with van der Waals surface area (Å²) in [7, 11) is -3.92. The molecule has 0 radical (unpaired) electrons. The van der Waals surface area contributed by atoms with Crippen LogP contribution >= 0.6 is 0 Å². The normalized spacial score (nSPS) is 13.5. The zero-order valence-electron chi connectivity index (χ0n) is 22.4. The molecule has 0 spiro atoms. The molecule has 0 aliphatic rings. The van der Waals surface area contributed by atoms with E-state index in [1.165, 1.54) is 11.0 Å². The van der Waals surface area contributed by atoms with E-state index in [4.69, 9.17) is 0 Å². The lowest BCUT2D eigenvalue weighted by atomic mass is 10.1. The Hall–Kier alpha value is -3.08. The smallest absolute Gasteiger partial charge is 0.352 e. The summed E-state index contributed by atoms with van der Waals surface area (Å²) in [6, 6.07) is 10.7. The van der Waals surface area contributed by atoms with Crippen LogP contribution in [0.1, 0.15) is 56.7 Å². The Morgan fingerprint density at radius 1 is 1.05 bits per heavy atom. The molecule has 0 bridgehead atoms. The van der Waals surface area contributed by atoms with Crippen molar-refractivity contribution in [3.05, 3.63) is 65.2 Å². The number of aryl methyl sites for hydroxylation is 1. The molecule has 1 N–H and O–H groups in total. The number of amides is 2. The molecule has 2 rings (SSSR count). The Morgan fingerprint density at radius 3 is 2.24 bits per heavy atom. The minimum atomic E-state index is -4.63. The van der Waals surface area contributed by atoms with Gasteiger partial charge in [0.1, 0.15) is 6.04 Å². The Kier molecular flexibility index (Phi) is 10.8. The number of hydrogen-bond acceptors (Lipinski definition) is 4. The lowest BCUT2D eigenvalue weighted by Crippen LogP contribution is -2.49. The van der Waals surface area contributed by atoms with Crippen LogP contribution in [-0.4, -0.2) is 50.0 Å². The van der Waals surface area contributed by atoms with E-state index in [1.807, 2.05) is 45.0 Å². The molecule has 11 heteroatoms. The van der Waals surface area contributed by atoms with Crippen molar-refractivity contribution in [2.75, 3.05) is 17.1 Å². The van der Waals surface area contributed by atoms with Gasteiger partial charge in [-0.1, -0.05) is 42.8 Å². The highest BCUT2D eigenvalue weighted by atomic mass is 32.2. The molecule has 0 aliphatic carbocycles. The fourth-order valence-corrected chi connectivity index (χ4v) is 4.74. The van der Waals surface area contributed by atoms with Crippen molar-refractivity contribution in [1.29, 1.82) is 0 Å². The first kappa shape index (κ1) is 31.1. The van der Waals surface area contributed by atoms with Crippen molar-refractivity contribution >= 4 is 27.5 Å². The number of nitrogens with zero attached hydrogens (tertiary/aromatic N) is 2. The zero-order valence-corrected chi connectivity index (χ0v) is 23.2. The molecule has 0 fully saturated rings. The lowest BCUT2D eigenvalue weighted by Gasteiger charge is -2.30. The minimum absolute atomic E-state index is 0.0479. The van der Waals surface area contributed by atoms with E-state index in [9.17, 15) is 31.2 Å². The molecule has 0 heterocycles. The van der Waals surface area contributed by atoms with Gasteiger partial charge in [-0.05, 0) is 57.4 Å². The number of carbonyl (C=O) groups excluding carboxylic acids is 2. The summed E-state index contributed by atoms with van der Waals surface area (Å²) in [6.07, 6.45) is -3.05. The third-order valence-electron chi connectivity index (χ3n) is 6.26. The molecular formula is C27H36F3N3O4S. The number of carbonyl (C=O) groups is 2. The van der Waals surface area contributed by atoms with Crippen LogP contribution in [0.5, 0.6) is 0 Å². The van der Waals surface area contributed by atoms with E-state index in [-0.39, 0.29) is 49.5 Å². The molecule has 0 saturated carbocycles. The number of nitrogens with one attached hydrogen (secondary N) is 1. The van der Waals surface area contributed by atoms with Crippen molar-refractivity contribution in [3.63, 3.8) is 0 Å². The van der Waals surface area contributed by atoms with Gasteiger partial charge in [0.25, 0.3) is 0 Å². The second kappa shape index (κ2) is 13.1. The van der Waals surface area contributed by atoms with Crippen LogP contribution in [0.4, 0.5) is 18.9 Å². The van der Waals surface area contributed by atoms with Crippen LogP contribution in [-0.2, 0) is 32.3 Å². The average Bonchev–Trinajstić information content (AvgIpc) is 2.84. The molecule has 2 aromatic carbocycles. The SMILES string of the molecule is CC[C@H](C)NC(=O)[C@@H](C)N(Cc1ccc(C)cc1)C(=O)CCCN(c1cccc(C(F)(F)F)c1)S(C)(=O)=O. The number of rotatable bonds is 12. The van der Waals surface area contributed by atoms with Crippen LogP contribution in [0, 0.1) is 6.92 Å². The van der Waals surface area contributed by atoms with Crippen LogP contribution in [0.25, 0.3) is 0 Å². The molecule has 210 valence electrons. The van der Waals surface area contributed by atoms with Gasteiger partial charge in [-0.2, -0.15) is 13.2 Å². The average molecular weight is 556 g/mol. The topological polar surface area (TPSA) is 86.8 Å². The molecule has 2 atom stereocenters. The van der Waals surface area contributed by atoms with Crippen molar-refractivity contribution in [3.8, 4) is 0 Å². The van der Waals surface area contributed by atoms with Crippen LogP contribution < -0.4 is 9.62 Å². The predicted octanol–water partition coefficient (Wildman–Crippen LogP) is 4.89. The Labute approximate surface area is 223 Å². The second-order valence-corrected chi connectivity index (χ2v) is 11.4. The molecule has 38 heavy (non-hydrogen) atoms. The van der Waals surface area contributed by atoms with Gasteiger partial charge < -0.3 is 10.2 Å². The maximum atomic E-state index is 13.3. The predicted molar refractivity (Wildman–Crippen MR) is 142 cm³/mol. The monoisotopic (exact) mass is 555 g/mol. The zero-order chi connectivity index (χ0) is 28.7. The van der Waals surface area contributed by atoms with Crippen molar-refractivity contribution < 1.29 is 31.2 Å². The van der Waals surface area contributed by atoms with Gasteiger partial charge in [-0.3, -0.25) is 13.9 Å². The maximum absolute atomic E-state index is 13.3. The van der Waals surface area contributed by atoms with Crippen LogP contribution in [0.3, 0.4) is 0 Å². The molecule has 0 aliphatic heterocycles. The van der Waals surface area contributed by atoms with Gasteiger partial charge in [-0.15, -0.1) is 0 Å². The Balaban J connectivity index is 2.21. The third kappa shape index (κ3) is 9.04. The number of hydrogen-bond donors (Lipinski definition) is 1. The Bertz CT molecular complexity index is 1200. The Morgan fingerprint density at radius 2 is 1.68 bits per heavy atom. The van der Waals surface area contributed by atoms with Gasteiger partial charge in [0, 0.05) is 25.6 Å². The standard InChI is InChI=1S/C27H36F3N3O4S/c1-6-20(3)31-26(35)21(4)32(18-22-14-12-19(2)13-15-22)25(34)11-8-16-33(38(5,36)37)24-10-7-9-23(17-24)27(28,29)30/h7,9-10,12-15,17,20-21H,6,8,11,16,18H2,1-5H3,(H,31,35)/t20-,21+/m0/s1. The fraction of sp³-hybridized carbons (Fsp3) is 0.481. The summed E-state index contributed by atoms with van der Waals surface area (Å²) in [5.74, 6) is -0.670. The van der Waals surface area contributed by atoms with Crippen LogP contribution in [0.15, 0.2) is 48.5 Å².